The van der Waals surface area contributed by atoms with Gasteiger partial charge in [0.2, 0.25) is 5.91 Å². The SMILES string of the molecule is COc1ccc2cc1OCCCN(C(=O)c1c(C)noc1C)CCCCN(C(=O)CCc1nc3ccccc3s1)CCn1ccnc1-2. The third kappa shape index (κ3) is 7.48. The Morgan fingerprint density at radius 3 is 2.57 bits per heavy atom. The molecule has 6 rings (SSSR count). The average Bonchev–Trinajstić information content (AvgIpc) is 3.81. The van der Waals surface area contributed by atoms with Crippen molar-refractivity contribution < 1.29 is 23.6 Å². The highest BCUT2D eigenvalue weighted by molar-refractivity contribution is 7.18. The normalized spacial score (nSPS) is 14.8. The molecule has 0 saturated carbocycles. The van der Waals surface area contributed by atoms with E-state index in [1.54, 1.807) is 38.5 Å². The number of carbonyl (C=O) groups excluding carboxylic acids is 2. The molecule has 3 aromatic heterocycles. The smallest absolute Gasteiger partial charge is 0.259 e. The van der Waals surface area contributed by atoms with E-state index in [1.807, 2.05) is 52.4 Å². The van der Waals surface area contributed by atoms with Gasteiger partial charge in [-0.15, -0.1) is 11.3 Å². The van der Waals surface area contributed by atoms with Gasteiger partial charge in [0, 0.05) is 63.5 Å². The molecule has 0 unspecified atom stereocenters. The fourth-order valence-corrected chi connectivity index (χ4v) is 6.94. The third-order valence-electron chi connectivity index (χ3n) is 8.46. The van der Waals surface area contributed by atoms with Crippen LogP contribution in [0.5, 0.6) is 11.5 Å². The summed E-state index contributed by atoms with van der Waals surface area (Å²) in [6.07, 6.45) is 6.81. The lowest BCUT2D eigenvalue weighted by molar-refractivity contribution is -0.131. The Hall–Kier alpha value is -4.71. The number of para-hydroxylation sites is 1. The highest BCUT2D eigenvalue weighted by atomic mass is 32.1. The highest BCUT2D eigenvalue weighted by Crippen LogP contribution is 2.32. The Morgan fingerprint density at radius 1 is 0.979 bits per heavy atom. The van der Waals surface area contributed by atoms with Gasteiger partial charge in [0.1, 0.15) is 17.1 Å². The molecule has 2 amide bonds. The molecule has 0 atom stereocenters. The van der Waals surface area contributed by atoms with Crippen LogP contribution >= 0.6 is 11.3 Å². The van der Waals surface area contributed by atoms with E-state index in [2.05, 4.69) is 20.8 Å². The molecule has 0 spiro atoms. The van der Waals surface area contributed by atoms with E-state index in [4.69, 9.17) is 19.0 Å². The van der Waals surface area contributed by atoms with E-state index in [0.717, 1.165) is 39.5 Å². The number of hydrogen-bond acceptors (Lipinski definition) is 9. The molecule has 1 aliphatic rings. The molecule has 4 heterocycles. The van der Waals surface area contributed by atoms with Crippen LogP contribution in [-0.4, -0.2) is 81.2 Å². The van der Waals surface area contributed by atoms with Gasteiger partial charge in [-0.05, 0) is 63.4 Å². The molecular weight excluding hydrogens is 616 g/mol. The predicted octanol–water partition coefficient (Wildman–Crippen LogP) is 5.94. The van der Waals surface area contributed by atoms with Crippen molar-refractivity contribution >= 4 is 33.4 Å². The first kappa shape index (κ1) is 32.2. The summed E-state index contributed by atoms with van der Waals surface area (Å²) in [6.45, 7) is 6.69. The minimum absolute atomic E-state index is 0.0904. The molecule has 0 radical (unpaired) electrons. The first-order valence-electron chi connectivity index (χ1n) is 16.1. The number of nitrogens with zero attached hydrogens (tertiary/aromatic N) is 6. The molecule has 0 aliphatic carbocycles. The number of imidazole rings is 1. The summed E-state index contributed by atoms with van der Waals surface area (Å²) in [6, 6.07) is 13.8. The van der Waals surface area contributed by atoms with Crippen LogP contribution in [-0.2, 0) is 17.8 Å². The van der Waals surface area contributed by atoms with Crippen LogP contribution < -0.4 is 9.47 Å². The molecular formula is C35H40N6O5S. The van der Waals surface area contributed by atoms with Crippen molar-refractivity contribution in [2.24, 2.45) is 0 Å². The highest BCUT2D eigenvalue weighted by Gasteiger charge is 2.24. The van der Waals surface area contributed by atoms with Crippen molar-refractivity contribution in [1.29, 1.82) is 0 Å². The van der Waals surface area contributed by atoms with Gasteiger partial charge in [0.05, 0.1) is 34.6 Å². The molecule has 11 nitrogen and oxygen atoms in total. The second-order valence-corrected chi connectivity index (χ2v) is 12.8. The van der Waals surface area contributed by atoms with Crippen LogP contribution in [0.15, 0.2) is 59.4 Å². The molecule has 47 heavy (non-hydrogen) atoms. The van der Waals surface area contributed by atoms with Crippen LogP contribution in [0.2, 0.25) is 0 Å². The zero-order chi connectivity index (χ0) is 32.8. The van der Waals surface area contributed by atoms with E-state index in [9.17, 15) is 9.59 Å². The lowest BCUT2D eigenvalue weighted by Crippen LogP contribution is -2.36. The molecule has 0 saturated heterocycles. The minimum Gasteiger partial charge on any atom is -0.493 e. The summed E-state index contributed by atoms with van der Waals surface area (Å²) in [5, 5.41) is 4.96. The van der Waals surface area contributed by atoms with E-state index < -0.39 is 0 Å². The Kier molecular flexibility index (Phi) is 10.2. The number of thiazole rings is 1. The average molecular weight is 657 g/mol. The lowest BCUT2D eigenvalue weighted by Gasteiger charge is -2.25. The fourth-order valence-electron chi connectivity index (χ4n) is 5.97. The summed E-state index contributed by atoms with van der Waals surface area (Å²) < 4.78 is 20.3. The molecule has 0 N–H and O–H groups in total. The van der Waals surface area contributed by atoms with Crippen molar-refractivity contribution in [3.8, 4) is 22.9 Å². The van der Waals surface area contributed by atoms with Crippen molar-refractivity contribution in [3.63, 3.8) is 0 Å². The lowest BCUT2D eigenvalue weighted by atomic mass is 10.1. The number of hydrogen-bond donors (Lipinski definition) is 0. The fraction of sp³-hybridized carbons (Fsp3) is 0.400. The third-order valence-corrected chi connectivity index (χ3v) is 9.56. The summed E-state index contributed by atoms with van der Waals surface area (Å²) in [5.74, 6) is 2.52. The van der Waals surface area contributed by atoms with Crippen LogP contribution in [0.25, 0.3) is 21.6 Å². The number of amides is 2. The van der Waals surface area contributed by atoms with Crippen LogP contribution in [0, 0.1) is 13.8 Å². The van der Waals surface area contributed by atoms with E-state index in [1.165, 1.54) is 0 Å². The zero-order valence-electron chi connectivity index (χ0n) is 27.1. The number of fused-ring (bicyclic) bond motifs is 5. The molecule has 2 bridgehead atoms. The van der Waals surface area contributed by atoms with Gasteiger partial charge in [-0.3, -0.25) is 9.59 Å². The molecule has 5 aromatic rings. The van der Waals surface area contributed by atoms with Crippen LogP contribution in [0.1, 0.15) is 52.5 Å². The van der Waals surface area contributed by atoms with Gasteiger partial charge in [0.25, 0.3) is 5.91 Å². The number of carbonyl (C=O) groups is 2. The minimum atomic E-state index is -0.104. The Bertz CT molecular complexity index is 1790. The molecule has 1 aliphatic heterocycles. The molecule has 246 valence electrons. The standard InChI is InChI=1S/C35H40N6O5S/c1-24-33(25(2)46-38-24)35(43)41-17-7-6-16-39(32(42)14-13-31-37-27-9-4-5-10-30(27)47-31)20-21-40-19-15-36-34(40)26-11-12-28(44-3)29(23-26)45-22-8-18-41/h4-5,9-12,15,19,23H,6-8,13-14,16-18,20-22H2,1-3H3. The van der Waals surface area contributed by atoms with Gasteiger partial charge >= 0.3 is 0 Å². The first-order chi connectivity index (χ1) is 22.9. The maximum atomic E-state index is 13.7. The van der Waals surface area contributed by atoms with Crippen molar-refractivity contribution in [2.75, 3.05) is 39.9 Å². The molecule has 12 heteroatoms. The Balaban J connectivity index is 1.23. The maximum Gasteiger partial charge on any atom is 0.259 e. The van der Waals surface area contributed by atoms with Gasteiger partial charge in [-0.1, -0.05) is 17.3 Å². The van der Waals surface area contributed by atoms with Crippen LogP contribution in [0.3, 0.4) is 0 Å². The summed E-state index contributed by atoms with van der Waals surface area (Å²) in [7, 11) is 1.62. The second-order valence-electron chi connectivity index (χ2n) is 11.7. The van der Waals surface area contributed by atoms with E-state index in [0.29, 0.717) is 87.1 Å². The quantitative estimate of drug-likeness (QED) is 0.228. The number of aryl methyl sites for hydroxylation is 3. The number of rotatable bonds is 5. The van der Waals surface area contributed by atoms with Gasteiger partial charge in [-0.25, -0.2) is 9.97 Å². The van der Waals surface area contributed by atoms with Crippen molar-refractivity contribution in [2.45, 2.75) is 52.5 Å². The second kappa shape index (κ2) is 14.8. The monoisotopic (exact) mass is 656 g/mol. The summed E-state index contributed by atoms with van der Waals surface area (Å²) >= 11 is 1.64. The van der Waals surface area contributed by atoms with Gasteiger partial charge < -0.3 is 28.4 Å². The zero-order valence-corrected chi connectivity index (χ0v) is 27.9. The number of aromatic nitrogens is 4. The van der Waals surface area contributed by atoms with E-state index >= 15 is 0 Å². The topological polar surface area (TPSA) is 116 Å². The molecule has 0 fully saturated rings. The predicted molar refractivity (Wildman–Crippen MR) is 180 cm³/mol. The van der Waals surface area contributed by atoms with Crippen molar-refractivity contribution in [3.05, 3.63) is 76.9 Å². The van der Waals surface area contributed by atoms with Crippen molar-refractivity contribution in [1.82, 2.24) is 29.5 Å². The van der Waals surface area contributed by atoms with Gasteiger partial charge in [-0.2, -0.15) is 0 Å². The number of benzene rings is 2. The van der Waals surface area contributed by atoms with E-state index in [-0.39, 0.29) is 11.8 Å². The number of methoxy groups -OCH3 is 1. The largest absolute Gasteiger partial charge is 0.493 e. The van der Waals surface area contributed by atoms with Gasteiger partial charge in [0.15, 0.2) is 11.5 Å². The first-order valence-corrected chi connectivity index (χ1v) is 16.9. The van der Waals surface area contributed by atoms with Crippen LogP contribution in [0.4, 0.5) is 0 Å². The Labute approximate surface area is 278 Å². The summed E-state index contributed by atoms with van der Waals surface area (Å²) in [4.78, 5) is 40.5. The molecule has 2 aromatic carbocycles. The Morgan fingerprint density at radius 2 is 1.79 bits per heavy atom. The number of ether oxygens (including phenoxy) is 2. The maximum absolute atomic E-state index is 13.7. The summed E-state index contributed by atoms with van der Waals surface area (Å²) in [5.41, 5.74) is 2.94.